The molecule has 2 heterocycles. The van der Waals surface area contributed by atoms with Crippen molar-refractivity contribution in [2.24, 2.45) is 0 Å². The van der Waals surface area contributed by atoms with Gasteiger partial charge in [0.05, 0.1) is 4.90 Å². The number of rotatable bonds is 9. The molecule has 1 aromatic carbocycles. The molecule has 0 radical (unpaired) electrons. The fraction of sp³-hybridized carbons (Fsp3) is 0.273. The lowest BCUT2D eigenvalue weighted by Gasteiger charge is -2.22. The summed E-state index contributed by atoms with van der Waals surface area (Å²) >= 11 is 1.60. The van der Waals surface area contributed by atoms with Crippen LogP contribution in [-0.2, 0) is 23.0 Å². The number of pyridine rings is 1. The largest absolute Gasteiger partial charge is 0.331 e. The molecule has 4 rings (SSSR count). The summed E-state index contributed by atoms with van der Waals surface area (Å²) in [5, 5.41) is 1.97. The van der Waals surface area contributed by atoms with Gasteiger partial charge in [-0.15, -0.1) is 11.3 Å². The van der Waals surface area contributed by atoms with Crippen LogP contribution in [0.1, 0.15) is 33.6 Å². The Hall–Kier alpha value is -2.55. The molecule has 1 aliphatic rings. The predicted octanol–water partition coefficient (Wildman–Crippen LogP) is 3.47. The monoisotopic (exact) mass is 441 g/mol. The van der Waals surface area contributed by atoms with Gasteiger partial charge in [-0.25, -0.2) is 13.1 Å². The number of carbonyl (C=O) groups excluding carboxylic acids is 1. The van der Waals surface area contributed by atoms with Crippen LogP contribution in [0, 0.1) is 0 Å². The van der Waals surface area contributed by atoms with E-state index in [4.69, 9.17) is 0 Å². The van der Waals surface area contributed by atoms with Crippen molar-refractivity contribution in [1.29, 1.82) is 0 Å². The van der Waals surface area contributed by atoms with Crippen LogP contribution in [0.5, 0.6) is 0 Å². The van der Waals surface area contributed by atoms with Crippen molar-refractivity contribution in [3.05, 3.63) is 82.3 Å². The lowest BCUT2D eigenvalue weighted by molar-refractivity contribution is 0.0729. The van der Waals surface area contributed by atoms with Crippen molar-refractivity contribution >= 4 is 27.3 Å². The van der Waals surface area contributed by atoms with E-state index in [-0.39, 0.29) is 16.8 Å². The van der Waals surface area contributed by atoms with E-state index >= 15 is 0 Å². The first-order chi connectivity index (χ1) is 14.5. The van der Waals surface area contributed by atoms with Gasteiger partial charge in [-0.3, -0.25) is 9.78 Å². The minimum absolute atomic E-state index is 0.0797. The highest BCUT2D eigenvalue weighted by Crippen LogP contribution is 2.30. The standard InChI is InChI=1S/C22H23N3O3S2/c26-22(25(19-5-6-19)16-17-9-12-23-13-10-17)18-3-7-21(8-4-18)30(27,28)24-14-11-20-2-1-15-29-20/h1-4,7-10,12-13,15,19,24H,5-6,11,14,16H2. The van der Waals surface area contributed by atoms with Crippen LogP contribution < -0.4 is 4.72 Å². The summed E-state index contributed by atoms with van der Waals surface area (Å²) in [6.45, 7) is 0.862. The molecule has 156 valence electrons. The highest BCUT2D eigenvalue weighted by Gasteiger charge is 2.33. The Labute approximate surface area is 180 Å². The van der Waals surface area contributed by atoms with E-state index in [9.17, 15) is 13.2 Å². The minimum atomic E-state index is -3.61. The molecule has 1 aliphatic carbocycles. The summed E-state index contributed by atoms with van der Waals surface area (Å²) in [7, 11) is -3.61. The van der Waals surface area contributed by atoms with E-state index in [1.807, 2.05) is 34.5 Å². The van der Waals surface area contributed by atoms with E-state index in [2.05, 4.69) is 9.71 Å². The van der Waals surface area contributed by atoms with E-state index in [1.54, 1.807) is 35.9 Å². The Kier molecular flexibility index (Phi) is 6.26. The highest BCUT2D eigenvalue weighted by atomic mass is 32.2. The summed E-state index contributed by atoms with van der Waals surface area (Å²) in [4.78, 5) is 20.2. The van der Waals surface area contributed by atoms with Gasteiger partial charge in [-0.1, -0.05) is 6.07 Å². The Morgan fingerprint density at radius 2 is 1.83 bits per heavy atom. The van der Waals surface area contributed by atoms with Gasteiger partial charge in [0.25, 0.3) is 5.91 Å². The second-order valence-electron chi connectivity index (χ2n) is 7.27. The SMILES string of the molecule is O=C(c1ccc(S(=O)(=O)NCCc2cccs2)cc1)N(Cc1ccncc1)C1CC1. The van der Waals surface area contributed by atoms with Crippen LogP contribution in [0.2, 0.25) is 0 Å². The van der Waals surface area contributed by atoms with Crippen molar-refractivity contribution in [1.82, 2.24) is 14.6 Å². The third kappa shape index (κ3) is 5.13. The molecule has 0 saturated heterocycles. The van der Waals surface area contributed by atoms with E-state index in [0.717, 1.165) is 23.3 Å². The molecular formula is C22H23N3O3S2. The molecule has 2 aromatic heterocycles. The number of thiophene rings is 1. The molecule has 0 aliphatic heterocycles. The van der Waals surface area contributed by atoms with E-state index in [0.29, 0.717) is 25.1 Å². The van der Waals surface area contributed by atoms with Crippen molar-refractivity contribution in [2.45, 2.75) is 36.7 Å². The van der Waals surface area contributed by atoms with E-state index in [1.165, 1.54) is 12.1 Å². The maximum Gasteiger partial charge on any atom is 0.254 e. The molecule has 3 aromatic rings. The lowest BCUT2D eigenvalue weighted by atomic mass is 10.1. The number of hydrogen-bond donors (Lipinski definition) is 1. The maximum absolute atomic E-state index is 13.0. The quantitative estimate of drug-likeness (QED) is 0.551. The zero-order valence-electron chi connectivity index (χ0n) is 16.4. The first-order valence-electron chi connectivity index (χ1n) is 9.85. The minimum Gasteiger partial charge on any atom is -0.331 e. The average molecular weight is 442 g/mol. The maximum atomic E-state index is 13.0. The normalized spacial score (nSPS) is 13.9. The second-order valence-corrected chi connectivity index (χ2v) is 10.1. The topological polar surface area (TPSA) is 79.4 Å². The number of nitrogens with one attached hydrogen (secondary N) is 1. The number of carbonyl (C=O) groups is 1. The number of hydrogen-bond acceptors (Lipinski definition) is 5. The molecule has 1 fully saturated rings. The van der Waals surface area contributed by atoms with Crippen molar-refractivity contribution in [2.75, 3.05) is 6.54 Å². The third-order valence-electron chi connectivity index (χ3n) is 5.01. The number of nitrogens with zero attached hydrogens (tertiary/aromatic N) is 2. The number of aromatic nitrogens is 1. The molecule has 0 bridgehead atoms. The molecule has 0 unspecified atom stereocenters. The first kappa shape index (κ1) is 20.7. The fourth-order valence-corrected chi connectivity index (χ4v) is 4.97. The highest BCUT2D eigenvalue weighted by molar-refractivity contribution is 7.89. The smallest absolute Gasteiger partial charge is 0.254 e. The molecule has 6 nitrogen and oxygen atoms in total. The second kappa shape index (κ2) is 9.07. The van der Waals surface area contributed by atoms with Gasteiger partial charge in [-0.05, 0) is 72.7 Å². The molecule has 0 spiro atoms. The third-order valence-corrected chi connectivity index (χ3v) is 7.42. The van der Waals surface area contributed by atoms with Crippen LogP contribution in [0.25, 0.3) is 0 Å². The summed E-state index contributed by atoms with van der Waals surface area (Å²) < 4.78 is 27.7. The number of sulfonamides is 1. The van der Waals surface area contributed by atoms with Crippen molar-refractivity contribution in [3.63, 3.8) is 0 Å². The molecule has 1 amide bonds. The summed E-state index contributed by atoms with van der Waals surface area (Å²) in [6, 6.07) is 14.2. The number of amides is 1. The van der Waals surface area contributed by atoms with Crippen LogP contribution >= 0.6 is 11.3 Å². The summed E-state index contributed by atoms with van der Waals surface area (Å²) in [6.07, 6.45) is 6.08. The Bertz CT molecular complexity index is 1080. The zero-order chi connectivity index (χ0) is 21.0. The Balaban J connectivity index is 1.42. The van der Waals surface area contributed by atoms with Crippen LogP contribution in [0.4, 0.5) is 0 Å². The molecule has 1 N–H and O–H groups in total. The molecule has 0 atom stereocenters. The van der Waals surface area contributed by atoms with Gasteiger partial charge in [0.1, 0.15) is 0 Å². The first-order valence-corrected chi connectivity index (χ1v) is 12.2. The van der Waals surface area contributed by atoms with E-state index < -0.39 is 10.0 Å². The van der Waals surface area contributed by atoms with Gasteiger partial charge < -0.3 is 4.90 Å². The molecule has 8 heteroatoms. The van der Waals surface area contributed by atoms with Gasteiger partial charge >= 0.3 is 0 Å². The van der Waals surface area contributed by atoms with Crippen LogP contribution in [-0.4, -0.2) is 36.8 Å². The summed E-state index contributed by atoms with van der Waals surface area (Å²) in [5.41, 5.74) is 1.52. The van der Waals surface area contributed by atoms with Crippen LogP contribution in [0.15, 0.2) is 71.2 Å². The van der Waals surface area contributed by atoms with Crippen molar-refractivity contribution in [3.8, 4) is 0 Å². The average Bonchev–Trinajstić information content (AvgIpc) is 3.47. The predicted molar refractivity (Wildman–Crippen MR) is 117 cm³/mol. The molecule has 1 saturated carbocycles. The van der Waals surface area contributed by atoms with Crippen molar-refractivity contribution < 1.29 is 13.2 Å². The Morgan fingerprint density at radius 1 is 1.10 bits per heavy atom. The van der Waals surface area contributed by atoms with Crippen LogP contribution in [0.3, 0.4) is 0 Å². The fourth-order valence-electron chi connectivity index (χ4n) is 3.23. The summed E-state index contributed by atoms with van der Waals surface area (Å²) in [5.74, 6) is -0.0797. The van der Waals surface area contributed by atoms with Gasteiger partial charge in [0, 0.05) is 42.0 Å². The van der Waals surface area contributed by atoms with Gasteiger partial charge in [0.2, 0.25) is 10.0 Å². The van der Waals surface area contributed by atoms with Gasteiger partial charge in [0.15, 0.2) is 0 Å². The lowest BCUT2D eigenvalue weighted by Crippen LogP contribution is -2.32. The zero-order valence-corrected chi connectivity index (χ0v) is 18.0. The number of benzene rings is 1. The van der Waals surface area contributed by atoms with Gasteiger partial charge in [-0.2, -0.15) is 0 Å². The Morgan fingerprint density at radius 3 is 2.47 bits per heavy atom. The molecule has 30 heavy (non-hydrogen) atoms. The molecular weight excluding hydrogens is 418 g/mol.